The second-order valence-electron chi connectivity index (χ2n) is 4.55. The summed E-state index contributed by atoms with van der Waals surface area (Å²) in [7, 11) is 0. The molecule has 0 bridgehead atoms. The molecule has 1 atom stereocenters. The summed E-state index contributed by atoms with van der Waals surface area (Å²) in [4.78, 5) is 11.6. The lowest BCUT2D eigenvalue weighted by molar-refractivity contribution is -0.121. The van der Waals surface area contributed by atoms with Crippen molar-refractivity contribution in [2.45, 2.75) is 38.6 Å². The molecule has 1 aromatic carbocycles. The Hall–Kier alpha value is -1.49. The molecule has 1 amide bonds. The summed E-state index contributed by atoms with van der Waals surface area (Å²) in [6, 6.07) is 2.68. The Morgan fingerprint density at radius 3 is 2.74 bits per heavy atom. The van der Waals surface area contributed by atoms with Gasteiger partial charge in [0.05, 0.1) is 6.04 Å². The highest BCUT2D eigenvalue weighted by Gasteiger charge is 2.14. The first-order valence-corrected chi connectivity index (χ1v) is 6.49. The van der Waals surface area contributed by atoms with E-state index in [0.29, 0.717) is 13.0 Å². The molecular weight excluding hydrogens is 250 g/mol. The van der Waals surface area contributed by atoms with Crippen LogP contribution in [0.2, 0.25) is 0 Å². The van der Waals surface area contributed by atoms with E-state index in [-0.39, 0.29) is 11.5 Å². The summed E-state index contributed by atoms with van der Waals surface area (Å²) in [5.74, 6) is -1.19. The molecular formula is C14H20F2N2O. The fourth-order valence-electron chi connectivity index (χ4n) is 1.84. The minimum Gasteiger partial charge on any atom is -0.349 e. The first kappa shape index (κ1) is 15.6. The summed E-state index contributed by atoms with van der Waals surface area (Å²) >= 11 is 0. The third-order valence-corrected chi connectivity index (χ3v) is 2.91. The van der Waals surface area contributed by atoms with Gasteiger partial charge < -0.3 is 11.1 Å². The Balaban J connectivity index is 2.47. The van der Waals surface area contributed by atoms with E-state index in [1.165, 1.54) is 0 Å². The van der Waals surface area contributed by atoms with Gasteiger partial charge in [0.25, 0.3) is 0 Å². The molecule has 0 aliphatic heterocycles. The number of nitrogens with two attached hydrogens (primary N) is 1. The van der Waals surface area contributed by atoms with Gasteiger partial charge in [-0.3, -0.25) is 4.79 Å². The maximum atomic E-state index is 13.5. The molecule has 0 spiro atoms. The van der Waals surface area contributed by atoms with Gasteiger partial charge in [-0.2, -0.15) is 0 Å². The summed E-state index contributed by atoms with van der Waals surface area (Å²) < 4.78 is 26.5. The second kappa shape index (κ2) is 7.84. The Morgan fingerprint density at radius 2 is 2.05 bits per heavy atom. The molecule has 3 N–H and O–H groups in total. The van der Waals surface area contributed by atoms with Crippen LogP contribution in [0.4, 0.5) is 8.78 Å². The number of amides is 1. The molecule has 1 aromatic rings. The average Bonchev–Trinajstić information content (AvgIpc) is 2.37. The van der Waals surface area contributed by atoms with Crippen LogP contribution in [0.15, 0.2) is 18.2 Å². The first-order valence-electron chi connectivity index (χ1n) is 6.49. The lowest BCUT2D eigenvalue weighted by atomic mass is 10.1. The van der Waals surface area contributed by atoms with Crippen LogP contribution in [0.25, 0.3) is 0 Å². The van der Waals surface area contributed by atoms with Crippen LogP contribution in [-0.2, 0) is 4.79 Å². The standard InChI is InChI=1S/C14H20F2N2O/c1-10(12-9-11(15)6-7-13(12)16)18-14(19)5-3-2-4-8-17/h6-7,9-10H,2-5,8,17H2,1H3,(H,18,19). The van der Waals surface area contributed by atoms with Crippen LogP contribution in [0, 0.1) is 11.6 Å². The molecule has 1 rings (SSSR count). The van der Waals surface area contributed by atoms with Crippen molar-refractivity contribution in [3.63, 3.8) is 0 Å². The van der Waals surface area contributed by atoms with Gasteiger partial charge in [-0.05, 0) is 44.5 Å². The summed E-state index contributed by atoms with van der Waals surface area (Å²) in [6.45, 7) is 2.25. The lowest BCUT2D eigenvalue weighted by Crippen LogP contribution is -2.27. The molecule has 0 radical (unpaired) electrons. The van der Waals surface area contributed by atoms with E-state index in [0.717, 1.165) is 37.5 Å². The number of hydrogen-bond acceptors (Lipinski definition) is 2. The lowest BCUT2D eigenvalue weighted by Gasteiger charge is -2.15. The Morgan fingerprint density at radius 1 is 1.32 bits per heavy atom. The van der Waals surface area contributed by atoms with Crippen molar-refractivity contribution in [2.24, 2.45) is 5.73 Å². The van der Waals surface area contributed by atoms with Crippen LogP contribution >= 0.6 is 0 Å². The molecule has 106 valence electrons. The second-order valence-corrected chi connectivity index (χ2v) is 4.55. The van der Waals surface area contributed by atoms with Crippen molar-refractivity contribution < 1.29 is 13.6 Å². The molecule has 0 aliphatic rings. The van der Waals surface area contributed by atoms with E-state index in [4.69, 9.17) is 5.73 Å². The third kappa shape index (κ3) is 5.34. The monoisotopic (exact) mass is 270 g/mol. The van der Waals surface area contributed by atoms with Crippen LogP contribution in [0.3, 0.4) is 0 Å². The maximum absolute atomic E-state index is 13.5. The topological polar surface area (TPSA) is 55.1 Å². The zero-order valence-corrected chi connectivity index (χ0v) is 11.1. The molecule has 0 aliphatic carbocycles. The molecule has 0 aromatic heterocycles. The highest BCUT2D eigenvalue weighted by molar-refractivity contribution is 5.76. The van der Waals surface area contributed by atoms with Crippen molar-refractivity contribution in [2.75, 3.05) is 6.54 Å². The SMILES string of the molecule is CC(NC(=O)CCCCCN)c1cc(F)ccc1F. The van der Waals surface area contributed by atoms with Crippen molar-refractivity contribution in [3.8, 4) is 0 Å². The third-order valence-electron chi connectivity index (χ3n) is 2.91. The highest BCUT2D eigenvalue weighted by Crippen LogP contribution is 2.18. The number of unbranched alkanes of at least 4 members (excludes halogenated alkanes) is 2. The molecule has 3 nitrogen and oxygen atoms in total. The number of benzene rings is 1. The van der Waals surface area contributed by atoms with E-state index in [9.17, 15) is 13.6 Å². The van der Waals surface area contributed by atoms with E-state index in [2.05, 4.69) is 5.32 Å². The van der Waals surface area contributed by atoms with Crippen molar-refractivity contribution >= 4 is 5.91 Å². The predicted molar refractivity (Wildman–Crippen MR) is 70.4 cm³/mol. The Labute approximate surface area is 112 Å². The molecule has 0 heterocycles. The Kier molecular flexibility index (Phi) is 6.42. The van der Waals surface area contributed by atoms with Gasteiger partial charge in [0.1, 0.15) is 11.6 Å². The van der Waals surface area contributed by atoms with Gasteiger partial charge in [-0.1, -0.05) is 6.42 Å². The van der Waals surface area contributed by atoms with Gasteiger partial charge in [0.2, 0.25) is 5.91 Å². The molecule has 19 heavy (non-hydrogen) atoms. The summed E-state index contributed by atoms with van der Waals surface area (Å²) in [5.41, 5.74) is 5.52. The number of halogens is 2. The van der Waals surface area contributed by atoms with Crippen LogP contribution in [-0.4, -0.2) is 12.5 Å². The van der Waals surface area contributed by atoms with Gasteiger partial charge in [-0.25, -0.2) is 8.78 Å². The zero-order valence-electron chi connectivity index (χ0n) is 11.1. The minimum atomic E-state index is -0.544. The molecule has 5 heteroatoms. The smallest absolute Gasteiger partial charge is 0.220 e. The van der Waals surface area contributed by atoms with Gasteiger partial charge in [0.15, 0.2) is 0 Å². The van der Waals surface area contributed by atoms with E-state index in [1.54, 1.807) is 6.92 Å². The Bertz CT molecular complexity index is 424. The molecule has 1 unspecified atom stereocenters. The summed E-state index contributed by atoms with van der Waals surface area (Å²) in [6.07, 6.45) is 2.91. The number of hydrogen-bond donors (Lipinski definition) is 2. The molecule has 0 saturated carbocycles. The number of carbonyl (C=O) groups excluding carboxylic acids is 1. The van der Waals surface area contributed by atoms with Crippen LogP contribution in [0.1, 0.15) is 44.2 Å². The van der Waals surface area contributed by atoms with Crippen LogP contribution < -0.4 is 11.1 Å². The van der Waals surface area contributed by atoms with Crippen LogP contribution in [0.5, 0.6) is 0 Å². The zero-order chi connectivity index (χ0) is 14.3. The van der Waals surface area contributed by atoms with Crippen molar-refractivity contribution in [3.05, 3.63) is 35.4 Å². The predicted octanol–water partition coefficient (Wildman–Crippen LogP) is 2.66. The number of carbonyl (C=O) groups is 1. The van der Waals surface area contributed by atoms with Gasteiger partial charge in [-0.15, -0.1) is 0 Å². The van der Waals surface area contributed by atoms with E-state index < -0.39 is 17.7 Å². The highest BCUT2D eigenvalue weighted by atomic mass is 19.1. The summed E-state index contributed by atoms with van der Waals surface area (Å²) in [5, 5.41) is 2.66. The van der Waals surface area contributed by atoms with Crippen molar-refractivity contribution in [1.29, 1.82) is 0 Å². The van der Waals surface area contributed by atoms with E-state index >= 15 is 0 Å². The number of rotatable bonds is 7. The minimum absolute atomic E-state index is 0.159. The number of nitrogens with one attached hydrogen (secondary N) is 1. The normalized spacial score (nSPS) is 12.2. The van der Waals surface area contributed by atoms with Gasteiger partial charge in [0, 0.05) is 12.0 Å². The maximum Gasteiger partial charge on any atom is 0.220 e. The van der Waals surface area contributed by atoms with Crippen molar-refractivity contribution in [1.82, 2.24) is 5.32 Å². The fraction of sp³-hybridized carbons (Fsp3) is 0.500. The molecule has 0 fully saturated rings. The fourth-order valence-corrected chi connectivity index (χ4v) is 1.84. The largest absolute Gasteiger partial charge is 0.349 e. The van der Waals surface area contributed by atoms with E-state index in [1.807, 2.05) is 0 Å². The quantitative estimate of drug-likeness (QED) is 0.748. The average molecular weight is 270 g/mol. The molecule has 0 saturated heterocycles. The van der Waals surface area contributed by atoms with Gasteiger partial charge >= 0.3 is 0 Å². The first-order chi connectivity index (χ1) is 9.04.